The molecule has 3 aromatic rings. The van der Waals surface area contributed by atoms with E-state index in [0.29, 0.717) is 12.2 Å². The molecule has 0 saturated heterocycles. The summed E-state index contributed by atoms with van der Waals surface area (Å²) >= 11 is 3.37. The van der Waals surface area contributed by atoms with Gasteiger partial charge in [0.05, 0.1) is 5.56 Å². The fourth-order valence-corrected chi connectivity index (χ4v) is 3.06. The first-order valence-electron chi connectivity index (χ1n) is 9.26. The van der Waals surface area contributed by atoms with Gasteiger partial charge in [-0.2, -0.15) is 18.2 Å². The van der Waals surface area contributed by atoms with Crippen molar-refractivity contribution in [3.8, 4) is 11.4 Å². The summed E-state index contributed by atoms with van der Waals surface area (Å²) in [5.41, 5.74) is 0.0580. The van der Waals surface area contributed by atoms with Gasteiger partial charge in [0.1, 0.15) is 6.04 Å². The Balaban J connectivity index is 1.81. The smallest absolute Gasteiger partial charge is 0.340 e. The molecular weight excluding hydrogens is 463 g/mol. The third-order valence-electron chi connectivity index (χ3n) is 4.78. The molecule has 0 aliphatic rings. The molecule has 158 valence electrons. The molecule has 1 heterocycles. The zero-order chi connectivity index (χ0) is 21.9. The van der Waals surface area contributed by atoms with Crippen molar-refractivity contribution in [2.75, 3.05) is 0 Å². The highest BCUT2D eigenvalue weighted by atomic mass is 79.9. The van der Waals surface area contributed by atoms with E-state index in [0.717, 1.165) is 34.3 Å². The second-order valence-corrected chi connectivity index (χ2v) is 7.79. The van der Waals surface area contributed by atoms with E-state index in [1.165, 1.54) is 0 Å². The summed E-state index contributed by atoms with van der Waals surface area (Å²) in [4.78, 5) is 17.1. The van der Waals surface area contributed by atoms with Crippen LogP contribution in [0.25, 0.3) is 11.4 Å². The number of halogens is 4. The van der Waals surface area contributed by atoms with Gasteiger partial charge in [-0.05, 0) is 54.4 Å². The minimum absolute atomic E-state index is 0.0402. The Bertz CT molecular complexity index is 1000. The fourth-order valence-electron chi connectivity index (χ4n) is 2.80. The van der Waals surface area contributed by atoms with Crippen LogP contribution in [0.15, 0.2) is 57.5 Å². The van der Waals surface area contributed by atoms with Gasteiger partial charge in [-0.3, -0.25) is 4.79 Å². The Morgan fingerprint density at radius 2 is 1.77 bits per heavy atom. The Labute approximate surface area is 179 Å². The second kappa shape index (κ2) is 8.99. The Morgan fingerprint density at radius 1 is 1.13 bits per heavy atom. The number of carbonyl (C=O) groups excluding carboxylic acids is 1. The second-order valence-electron chi connectivity index (χ2n) is 6.87. The molecule has 0 radical (unpaired) electrons. The summed E-state index contributed by atoms with van der Waals surface area (Å²) in [5, 5.41) is 6.80. The number of alkyl halides is 3. The minimum Gasteiger partial charge on any atom is -0.340 e. The van der Waals surface area contributed by atoms with Crippen molar-refractivity contribution in [3.63, 3.8) is 0 Å². The van der Waals surface area contributed by atoms with E-state index >= 15 is 0 Å². The van der Waals surface area contributed by atoms with Crippen LogP contribution < -0.4 is 5.32 Å². The molecule has 2 aromatic carbocycles. The predicted octanol–water partition coefficient (Wildman–Crippen LogP) is 6.04. The maximum absolute atomic E-state index is 12.7. The first-order valence-corrected chi connectivity index (χ1v) is 10.1. The quantitative estimate of drug-likeness (QED) is 0.466. The Hall–Kier alpha value is -2.68. The highest BCUT2D eigenvalue weighted by Gasteiger charge is 2.31. The minimum atomic E-state index is -4.46. The van der Waals surface area contributed by atoms with Gasteiger partial charge in [0.25, 0.3) is 5.91 Å². The normalized spacial score (nSPS) is 13.7. The molecule has 0 bridgehead atoms. The zero-order valence-corrected chi connectivity index (χ0v) is 17.8. The van der Waals surface area contributed by atoms with Crippen molar-refractivity contribution in [1.82, 2.24) is 15.5 Å². The number of nitrogens with zero attached hydrogens (tertiary/aromatic N) is 2. The van der Waals surface area contributed by atoms with Crippen LogP contribution in [0.1, 0.15) is 48.1 Å². The molecule has 30 heavy (non-hydrogen) atoms. The summed E-state index contributed by atoms with van der Waals surface area (Å²) in [6.07, 6.45) is -3.74. The molecule has 0 unspecified atom stereocenters. The molecule has 0 spiro atoms. The zero-order valence-electron chi connectivity index (χ0n) is 16.2. The van der Waals surface area contributed by atoms with Crippen LogP contribution in [0.3, 0.4) is 0 Å². The molecule has 0 aliphatic heterocycles. The van der Waals surface area contributed by atoms with Gasteiger partial charge in [-0.15, -0.1) is 0 Å². The SMILES string of the molecule is CC[C@H](C)[C@@H](NC(=O)c1ccc(C(F)(F)F)cc1)c1nc(-c2ccc(Br)cc2)no1. The molecule has 9 heteroatoms. The number of aromatic nitrogens is 2. The van der Waals surface area contributed by atoms with Crippen LogP contribution in [0.4, 0.5) is 13.2 Å². The summed E-state index contributed by atoms with van der Waals surface area (Å²) in [6.45, 7) is 3.87. The van der Waals surface area contributed by atoms with Gasteiger partial charge in [0.2, 0.25) is 11.7 Å². The third-order valence-corrected chi connectivity index (χ3v) is 5.31. The van der Waals surface area contributed by atoms with E-state index in [1.807, 2.05) is 38.1 Å². The van der Waals surface area contributed by atoms with Crippen LogP contribution in [-0.2, 0) is 6.18 Å². The summed E-state index contributed by atoms with van der Waals surface area (Å²) < 4.78 is 44.5. The molecule has 2 atom stereocenters. The van der Waals surface area contributed by atoms with E-state index in [2.05, 4.69) is 31.4 Å². The van der Waals surface area contributed by atoms with Gasteiger partial charge < -0.3 is 9.84 Å². The molecule has 0 saturated carbocycles. The number of nitrogens with one attached hydrogen (secondary N) is 1. The largest absolute Gasteiger partial charge is 0.416 e. The standard InChI is InChI=1S/C21H19BrF3N3O2/c1-3-12(2)17(20-27-18(28-30-20)13-6-10-16(22)11-7-13)26-19(29)14-4-8-15(9-5-14)21(23,24)25/h4-12,17H,3H2,1-2H3,(H,26,29)/t12-,17+/m0/s1. The van der Waals surface area contributed by atoms with Crippen LogP contribution in [0, 0.1) is 5.92 Å². The van der Waals surface area contributed by atoms with Gasteiger partial charge in [0, 0.05) is 15.6 Å². The lowest BCUT2D eigenvalue weighted by atomic mass is 9.98. The average molecular weight is 482 g/mol. The molecule has 0 fully saturated rings. The molecule has 3 rings (SSSR count). The lowest BCUT2D eigenvalue weighted by Crippen LogP contribution is -2.32. The lowest BCUT2D eigenvalue weighted by Gasteiger charge is -2.21. The van der Waals surface area contributed by atoms with Crippen molar-refractivity contribution in [2.24, 2.45) is 5.92 Å². The molecule has 5 nitrogen and oxygen atoms in total. The monoisotopic (exact) mass is 481 g/mol. The van der Waals surface area contributed by atoms with Crippen molar-refractivity contribution in [1.29, 1.82) is 0 Å². The highest BCUT2D eigenvalue weighted by Crippen LogP contribution is 2.30. The van der Waals surface area contributed by atoms with E-state index < -0.39 is 23.7 Å². The van der Waals surface area contributed by atoms with Crippen LogP contribution in [0.5, 0.6) is 0 Å². The number of hydrogen-bond acceptors (Lipinski definition) is 4. The summed E-state index contributed by atoms with van der Waals surface area (Å²) in [6, 6.07) is 10.8. The predicted molar refractivity (Wildman–Crippen MR) is 109 cm³/mol. The Morgan fingerprint density at radius 3 is 2.33 bits per heavy atom. The first-order chi connectivity index (χ1) is 14.2. The number of carbonyl (C=O) groups is 1. The van der Waals surface area contributed by atoms with E-state index in [9.17, 15) is 18.0 Å². The van der Waals surface area contributed by atoms with Crippen molar-refractivity contribution >= 4 is 21.8 Å². The van der Waals surface area contributed by atoms with Crippen LogP contribution >= 0.6 is 15.9 Å². The van der Waals surface area contributed by atoms with Crippen LogP contribution in [0.2, 0.25) is 0 Å². The molecule has 1 aromatic heterocycles. The topological polar surface area (TPSA) is 68.0 Å². The molecule has 1 amide bonds. The maximum Gasteiger partial charge on any atom is 0.416 e. The summed E-state index contributed by atoms with van der Waals surface area (Å²) in [7, 11) is 0. The number of benzene rings is 2. The van der Waals surface area contributed by atoms with Gasteiger partial charge >= 0.3 is 6.18 Å². The maximum atomic E-state index is 12.7. The average Bonchev–Trinajstić information content (AvgIpc) is 3.21. The molecular formula is C21H19BrF3N3O2. The van der Waals surface area contributed by atoms with Gasteiger partial charge in [-0.1, -0.05) is 41.4 Å². The van der Waals surface area contributed by atoms with Gasteiger partial charge in [-0.25, -0.2) is 0 Å². The van der Waals surface area contributed by atoms with E-state index in [-0.39, 0.29) is 17.4 Å². The van der Waals surface area contributed by atoms with E-state index in [4.69, 9.17) is 4.52 Å². The third kappa shape index (κ3) is 5.08. The summed E-state index contributed by atoms with van der Waals surface area (Å²) in [5.74, 6) is 0.0659. The van der Waals surface area contributed by atoms with Gasteiger partial charge in [0.15, 0.2) is 0 Å². The van der Waals surface area contributed by atoms with Crippen LogP contribution in [-0.4, -0.2) is 16.0 Å². The lowest BCUT2D eigenvalue weighted by molar-refractivity contribution is -0.137. The fraction of sp³-hybridized carbons (Fsp3) is 0.286. The molecule has 1 N–H and O–H groups in total. The number of amides is 1. The number of rotatable bonds is 6. The van der Waals surface area contributed by atoms with E-state index in [1.54, 1.807) is 0 Å². The Kier molecular flexibility index (Phi) is 6.60. The number of hydrogen-bond donors (Lipinski definition) is 1. The van der Waals surface area contributed by atoms with Crippen molar-refractivity contribution in [2.45, 2.75) is 32.5 Å². The molecule has 0 aliphatic carbocycles. The highest BCUT2D eigenvalue weighted by molar-refractivity contribution is 9.10. The van der Waals surface area contributed by atoms with Crippen molar-refractivity contribution in [3.05, 3.63) is 70.0 Å². The first kappa shape index (κ1) is 22.0. The van der Waals surface area contributed by atoms with Crippen molar-refractivity contribution < 1.29 is 22.5 Å².